The number of aromatic nitrogens is 1. The van der Waals surface area contributed by atoms with Crippen LogP contribution in [0.25, 0.3) is 12.2 Å². The van der Waals surface area contributed by atoms with E-state index < -0.39 is 12.0 Å². The fourth-order valence-corrected chi connectivity index (χ4v) is 4.75. The molecule has 162 valence electrons. The maximum Gasteiger partial charge on any atom is 0.338 e. The van der Waals surface area contributed by atoms with Crippen molar-refractivity contribution in [3.05, 3.63) is 108 Å². The lowest BCUT2D eigenvalue weighted by atomic mass is 10.0. The highest BCUT2D eigenvalue weighted by molar-refractivity contribution is 7.07. The van der Waals surface area contributed by atoms with Crippen molar-refractivity contribution in [2.75, 3.05) is 6.61 Å². The Kier molecular flexibility index (Phi) is 6.53. The van der Waals surface area contributed by atoms with E-state index >= 15 is 0 Å². The molecule has 0 fully saturated rings. The molecule has 32 heavy (non-hydrogen) atoms. The first-order valence-corrected chi connectivity index (χ1v) is 11.4. The third kappa shape index (κ3) is 4.38. The molecule has 7 heteroatoms. The molecule has 0 saturated carbocycles. The summed E-state index contributed by atoms with van der Waals surface area (Å²) in [6.45, 7) is 3.75. The molecule has 0 aliphatic carbocycles. The lowest BCUT2D eigenvalue weighted by molar-refractivity contribution is -0.139. The van der Waals surface area contributed by atoms with Gasteiger partial charge in [0.2, 0.25) is 0 Å². The molecule has 1 unspecified atom stereocenters. The lowest BCUT2D eigenvalue weighted by Gasteiger charge is -2.21. The Morgan fingerprint density at radius 3 is 2.62 bits per heavy atom. The number of rotatable bonds is 5. The van der Waals surface area contributed by atoms with E-state index in [-0.39, 0.29) is 12.2 Å². The average molecular weight is 465 g/mol. The highest BCUT2D eigenvalue weighted by Crippen LogP contribution is 2.26. The van der Waals surface area contributed by atoms with Gasteiger partial charge in [0.25, 0.3) is 5.56 Å². The van der Waals surface area contributed by atoms with Crippen molar-refractivity contribution in [2.24, 2.45) is 4.99 Å². The van der Waals surface area contributed by atoms with Crippen LogP contribution in [0, 0.1) is 0 Å². The van der Waals surface area contributed by atoms with Gasteiger partial charge < -0.3 is 4.74 Å². The van der Waals surface area contributed by atoms with Crippen molar-refractivity contribution in [1.82, 2.24) is 4.57 Å². The molecular weight excluding hydrogens is 444 g/mol. The Bertz CT molecular complexity index is 1400. The zero-order valence-electron chi connectivity index (χ0n) is 17.6. The van der Waals surface area contributed by atoms with E-state index in [4.69, 9.17) is 16.3 Å². The first kappa shape index (κ1) is 22.0. The van der Waals surface area contributed by atoms with Gasteiger partial charge in [0.1, 0.15) is 0 Å². The number of benzene rings is 2. The van der Waals surface area contributed by atoms with Gasteiger partial charge in [-0.15, -0.1) is 0 Å². The van der Waals surface area contributed by atoms with Crippen LogP contribution in [0.4, 0.5) is 0 Å². The van der Waals surface area contributed by atoms with Crippen LogP contribution < -0.4 is 14.9 Å². The van der Waals surface area contributed by atoms with Gasteiger partial charge in [-0.05, 0) is 37.1 Å². The second-order valence-electron chi connectivity index (χ2n) is 7.14. The Balaban J connectivity index is 1.89. The van der Waals surface area contributed by atoms with E-state index in [2.05, 4.69) is 4.99 Å². The minimum atomic E-state index is -0.626. The number of carbonyl (C=O) groups excluding carboxylic acids is 1. The molecule has 0 bridgehead atoms. The SMILES string of the molecule is CCOC(=O)C1=C(C)N=c2sc(=Cc3ccccc3Cl)c(=O)n2C1/C=C/c1ccccc1. The first-order valence-electron chi connectivity index (χ1n) is 10.2. The number of hydrogen-bond donors (Lipinski definition) is 0. The van der Waals surface area contributed by atoms with Gasteiger partial charge in [-0.3, -0.25) is 9.36 Å². The zero-order chi connectivity index (χ0) is 22.7. The van der Waals surface area contributed by atoms with Crippen molar-refractivity contribution >= 4 is 41.1 Å². The highest BCUT2D eigenvalue weighted by Gasteiger charge is 2.30. The summed E-state index contributed by atoms with van der Waals surface area (Å²) in [7, 11) is 0. The Hall–Kier alpha value is -3.22. The standard InChI is InChI=1S/C25H21ClN2O3S/c1-3-31-24(30)22-16(2)27-25-28(20(22)14-13-17-9-5-4-6-10-17)23(29)21(32-25)15-18-11-7-8-12-19(18)26/h4-15,20H,3H2,1-2H3/b14-13+,21-15?. The van der Waals surface area contributed by atoms with Gasteiger partial charge >= 0.3 is 5.97 Å². The largest absolute Gasteiger partial charge is 0.463 e. The van der Waals surface area contributed by atoms with Crippen LogP contribution >= 0.6 is 22.9 Å². The molecule has 1 aliphatic rings. The van der Waals surface area contributed by atoms with Crippen LogP contribution in [-0.4, -0.2) is 17.1 Å². The molecule has 1 aliphatic heterocycles. The molecule has 2 aromatic carbocycles. The van der Waals surface area contributed by atoms with Crippen LogP contribution in [0.3, 0.4) is 0 Å². The summed E-state index contributed by atoms with van der Waals surface area (Å²) in [4.78, 5) is 31.3. The molecule has 0 amide bonds. The monoisotopic (exact) mass is 464 g/mol. The van der Waals surface area contributed by atoms with Crippen molar-refractivity contribution < 1.29 is 9.53 Å². The molecule has 3 aromatic rings. The van der Waals surface area contributed by atoms with Gasteiger partial charge in [0, 0.05) is 5.02 Å². The van der Waals surface area contributed by atoms with Crippen LogP contribution in [0.2, 0.25) is 5.02 Å². The molecule has 2 heterocycles. The first-order chi connectivity index (χ1) is 15.5. The number of ether oxygens (including phenoxy) is 1. The van der Waals surface area contributed by atoms with Gasteiger partial charge in [-0.2, -0.15) is 0 Å². The van der Waals surface area contributed by atoms with Gasteiger partial charge in [-0.1, -0.05) is 83.6 Å². The van der Waals surface area contributed by atoms with E-state index in [9.17, 15) is 9.59 Å². The van der Waals surface area contributed by atoms with Gasteiger partial charge in [-0.25, -0.2) is 9.79 Å². The molecule has 0 saturated heterocycles. The van der Waals surface area contributed by atoms with E-state index in [1.54, 1.807) is 30.6 Å². The Morgan fingerprint density at radius 1 is 1.19 bits per heavy atom. The maximum atomic E-state index is 13.4. The molecule has 0 N–H and O–H groups in total. The van der Waals surface area contributed by atoms with Crippen molar-refractivity contribution in [3.63, 3.8) is 0 Å². The summed E-state index contributed by atoms with van der Waals surface area (Å²) >= 11 is 7.55. The Labute approximate surface area is 194 Å². The quantitative estimate of drug-likeness (QED) is 0.534. The molecular formula is C25H21ClN2O3S. The minimum absolute atomic E-state index is 0.231. The number of allylic oxidation sites excluding steroid dienone is 2. The molecule has 0 spiro atoms. The number of thiazole rings is 1. The third-order valence-corrected chi connectivity index (χ3v) is 6.35. The van der Waals surface area contributed by atoms with Crippen molar-refractivity contribution in [1.29, 1.82) is 0 Å². The lowest BCUT2D eigenvalue weighted by Crippen LogP contribution is -2.38. The average Bonchev–Trinajstić information content (AvgIpc) is 3.09. The molecule has 5 nitrogen and oxygen atoms in total. The molecule has 1 aromatic heterocycles. The number of nitrogens with zero attached hydrogens (tertiary/aromatic N) is 2. The van der Waals surface area contributed by atoms with E-state index in [0.29, 0.717) is 25.6 Å². The van der Waals surface area contributed by atoms with E-state index in [1.807, 2.05) is 60.7 Å². The minimum Gasteiger partial charge on any atom is -0.463 e. The summed E-state index contributed by atoms with van der Waals surface area (Å²) < 4.78 is 7.32. The second-order valence-corrected chi connectivity index (χ2v) is 8.55. The molecule has 1 atom stereocenters. The van der Waals surface area contributed by atoms with E-state index in [1.165, 1.54) is 11.3 Å². The number of halogens is 1. The van der Waals surface area contributed by atoms with Crippen LogP contribution in [0.1, 0.15) is 31.0 Å². The van der Waals surface area contributed by atoms with E-state index in [0.717, 1.165) is 11.1 Å². The summed E-state index contributed by atoms with van der Waals surface area (Å²) in [6.07, 6.45) is 5.50. The van der Waals surface area contributed by atoms with Crippen molar-refractivity contribution in [2.45, 2.75) is 19.9 Å². The molecule has 4 rings (SSSR count). The summed E-state index contributed by atoms with van der Waals surface area (Å²) in [5, 5.41) is 0.558. The van der Waals surface area contributed by atoms with Gasteiger partial charge in [0.15, 0.2) is 4.80 Å². The predicted molar refractivity (Wildman–Crippen MR) is 128 cm³/mol. The highest BCUT2D eigenvalue weighted by atomic mass is 35.5. The van der Waals surface area contributed by atoms with Crippen LogP contribution in [-0.2, 0) is 9.53 Å². The number of hydrogen-bond acceptors (Lipinski definition) is 5. The number of carbonyl (C=O) groups is 1. The number of esters is 1. The second kappa shape index (κ2) is 9.51. The topological polar surface area (TPSA) is 60.7 Å². The van der Waals surface area contributed by atoms with Crippen LogP contribution in [0.5, 0.6) is 0 Å². The van der Waals surface area contributed by atoms with Gasteiger partial charge in [0.05, 0.1) is 28.5 Å². The number of fused-ring (bicyclic) bond motifs is 1. The van der Waals surface area contributed by atoms with Crippen LogP contribution in [0.15, 0.2) is 81.7 Å². The summed E-state index contributed by atoms with van der Waals surface area (Å²) in [6, 6.07) is 16.4. The summed E-state index contributed by atoms with van der Waals surface area (Å²) in [5.74, 6) is -0.475. The summed E-state index contributed by atoms with van der Waals surface area (Å²) in [5.41, 5.74) is 2.37. The zero-order valence-corrected chi connectivity index (χ0v) is 19.2. The fourth-order valence-electron chi connectivity index (χ4n) is 3.52. The Morgan fingerprint density at radius 2 is 1.91 bits per heavy atom. The third-order valence-electron chi connectivity index (χ3n) is 5.02. The molecule has 0 radical (unpaired) electrons. The predicted octanol–water partition coefficient (Wildman–Crippen LogP) is 4.12. The maximum absolute atomic E-state index is 13.4. The fraction of sp³-hybridized carbons (Fsp3) is 0.160. The normalized spacial score (nSPS) is 16.2. The van der Waals surface area contributed by atoms with Crippen molar-refractivity contribution in [3.8, 4) is 0 Å². The smallest absolute Gasteiger partial charge is 0.338 e.